The third-order valence-corrected chi connectivity index (χ3v) is 28.8. The van der Waals surface area contributed by atoms with Crippen LogP contribution in [-0.4, -0.2) is 43.6 Å². The van der Waals surface area contributed by atoms with Gasteiger partial charge in [-0.1, -0.05) is 281 Å². The monoisotopic (exact) mass is 1770 g/mol. The smallest absolute Gasteiger partial charge is 0.180 e. The SMILES string of the molecule is CC1(C)c2ccccc2-c2cc3c4ccccc4n(-c4ccc(-c5nc(-c6ccccc6)c6oc7ccccc7c6n5)cc4)c3cc21.c1ccc(-c2nc(-c3cccc(-n4c5ccccc5c5cc6c(cc54)oc4ccccc46)c3)nc3c2oc2ccccc23)cc1.c1ccc(-c2nc(-c3cccc(-n4c5ccccc5c5cc6c(cc54)sc4ccccc46)c3)nc3c2oc2ccccc23)cc1. The van der Waals surface area contributed by atoms with Crippen LogP contribution < -0.4 is 0 Å². The lowest BCUT2D eigenvalue weighted by molar-refractivity contribution is 0.661. The number of hydrogen-bond donors (Lipinski definition) is 0. The number of rotatable bonds is 9. The highest BCUT2D eigenvalue weighted by Crippen LogP contribution is 2.53. The Bertz CT molecular complexity index is 9670. The molecule has 11 heterocycles. The molecular formula is C123H75N9O4S. The average molecular weight is 1780 g/mol. The van der Waals surface area contributed by atoms with Gasteiger partial charge in [0.2, 0.25) is 0 Å². The van der Waals surface area contributed by atoms with Crippen molar-refractivity contribution in [3.05, 3.63) is 430 Å². The Labute approximate surface area is 786 Å². The van der Waals surface area contributed by atoms with E-state index in [1.165, 1.54) is 96.8 Å². The van der Waals surface area contributed by atoms with Gasteiger partial charge in [-0.2, -0.15) is 0 Å². The number of benzene rings is 18. The van der Waals surface area contributed by atoms with Crippen LogP contribution >= 0.6 is 11.3 Å². The minimum atomic E-state index is -0.0744. The molecule has 13 nitrogen and oxygen atoms in total. The molecule has 30 rings (SSSR count). The first-order chi connectivity index (χ1) is 67.7. The summed E-state index contributed by atoms with van der Waals surface area (Å²) in [5.41, 5.74) is 32.5. The normalized spacial score (nSPS) is 12.5. The molecule has 0 bridgehead atoms. The highest BCUT2D eigenvalue weighted by molar-refractivity contribution is 7.25. The Morgan fingerprint density at radius 1 is 0.212 bits per heavy atom. The number of thiophene rings is 1. The van der Waals surface area contributed by atoms with Crippen molar-refractivity contribution in [2.24, 2.45) is 0 Å². The Balaban J connectivity index is 0.000000102. The van der Waals surface area contributed by atoms with Crippen LogP contribution in [0, 0.1) is 0 Å². The first-order valence-electron chi connectivity index (χ1n) is 46.1. The molecule has 0 saturated heterocycles. The molecule has 137 heavy (non-hydrogen) atoms. The van der Waals surface area contributed by atoms with Crippen molar-refractivity contribution in [3.8, 4) is 96.1 Å². The van der Waals surface area contributed by atoms with Crippen LogP contribution in [-0.2, 0) is 5.41 Å². The molecule has 0 amide bonds. The first-order valence-corrected chi connectivity index (χ1v) is 46.9. The van der Waals surface area contributed by atoms with Crippen molar-refractivity contribution in [3.63, 3.8) is 0 Å². The summed E-state index contributed by atoms with van der Waals surface area (Å²) in [4.78, 5) is 30.6. The molecule has 29 aromatic rings. The summed E-state index contributed by atoms with van der Waals surface area (Å²) >= 11 is 1.85. The molecule has 0 saturated carbocycles. The third-order valence-electron chi connectivity index (χ3n) is 27.6. The fraction of sp³-hybridized carbons (Fsp3) is 0.0244. The van der Waals surface area contributed by atoms with Gasteiger partial charge in [0.05, 0.1) is 33.1 Å². The Hall–Kier alpha value is -18.0. The van der Waals surface area contributed by atoms with E-state index in [0.717, 1.165) is 150 Å². The predicted molar refractivity (Wildman–Crippen MR) is 561 cm³/mol. The maximum absolute atomic E-state index is 6.34. The number of aromatic nitrogens is 9. The molecule has 18 aromatic carbocycles. The van der Waals surface area contributed by atoms with E-state index in [-0.39, 0.29) is 5.41 Å². The van der Waals surface area contributed by atoms with Gasteiger partial charge < -0.3 is 31.4 Å². The molecule has 642 valence electrons. The summed E-state index contributed by atoms with van der Waals surface area (Å²) in [6, 6.07) is 146. The summed E-state index contributed by atoms with van der Waals surface area (Å²) in [7, 11) is 0. The maximum atomic E-state index is 6.34. The minimum absolute atomic E-state index is 0.0744. The van der Waals surface area contributed by atoms with Gasteiger partial charge in [0.15, 0.2) is 34.2 Å². The van der Waals surface area contributed by atoms with Crippen LogP contribution in [0.25, 0.3) is 270 Å². The standard InChI is InChI=1S/C43H29N3O.C40H23N3O2.C40H23N3OS/c1-43(2)34-17-9-6-14-29(34)32-24-33-30-15-7-10-18-36(30)46(37(33)25-35(32)43)28-22-20-27(21-23-28)42-44-39(26-12-4-3-5-13-26)41-40(45-42)31-16-8-11-19-38(31)47-41;1-2-11-24(12-3-1)37-39-38(29-17-6-9-20-35(29)45-39)42-40(41-37)25-13-10-14-26(21-25)43-32-18-7-4-15-27(32)30-22-31-28-16-5-8-19-34(28)44-36(31)23-33(30)43;1-2-11-24(12-3-1)37-39-38(29-17-5-8-19-34(29)44-39)42-40(41-37)25-13-10-14-26(21-25)43-32-18-7-4-15-27(32)30-22-31-28-16-6-9-20-35(28)45-36(31)23-33(30)43/h3-25H,1-2H3;2*1-23H. The maximum Gasteiger partial charge on any atom is 0.180 e. The fourth-order valence-corrected chi connectivity index (χ4v) is 22.4. The molecule has 0 spiro atoms. The van der Waals surface area contributed by atoms with Gasteiger partial charge in [-0.25, -0.2) is 29.9 Å². The van der Waals surface area contributed by atoms with Crippen LogP contribution in [0.3, 0.4) is 0 Å². The van der Waals surface area contributed by atoms with Gasteiger partial charge in [0.1, 0.15) is 61.5 Å². The molecule has 0 N–H and O–H groups in total. The quantitative estimate of drug-likeness (QED) is 0.137. The summed E-state index contributed by atoms with van der Waals surface area (Å²) in [5, 5.41) is 15.2. The van der Waals surface area contributed by atoms with Crippen molar-refractivity contribution in [2.45, 2.75) is 19.3 Å². The third kappa shape index (κ3) is 12.3. The number of fused-ring (bicyclic) bond motifs is 27. The summed E-state index contributed by atoms with van der Waals surface area (Å²) < 4.78 is 35.0. The Kier molecular flexibility index (Phi) is 17.3. The lowest BCUT2D eigenvalue weighted by Gasteiger charge is -2.21. The zero-order valence-corrected chi connectivity index (χ0v) is 74.7. The molecule has 0 aliphatic heterocycles. The molecule has 0 radical (unpaired) electrons. The lowest BCUT2D eigenvalue weighted by Crippen LogP contribution is -2.14. The van der Waals surface area contributed by atoms with E-state index in [4.69, 9.17) is 47.6 Å². The number of hydrogen-bond acceptors (Lipinski definition) is 11. The first kappa shape index (κ1) is 77.8. The average Bonchev–Trinajstić information content (AvgIpc) is 1.55. The van der Waals surface area contributed by atoms with Gasteiger partial charge in [0, 0.05) is 141 Å². The summed E-state index contributed by atoms with van der Waals surface area (Å²) in [6.45, 7) is 4.68. The highest BCUT2D eigenvalue weighted by atomic mass is 32.1. The number of para-hydroxylation sites is 7. The molecule has 1 aliphatic carbocycles. The summed E-state index contributed by atoms with van der Waals surface area (Å²) in [6.07, 6.45) is 0. The van der Waals surface area contributed by atoms with Crippen molar-refractivity contribution < 1.29 is 17.7 Å². The largest absolute Gasteiger partial charge is 0.456 e. The Morgan fingerprint density at radius 2 is 0.591 bits per heavy atom. The Morgan fingerprint density at radius 3 is 1.09 bits per heavy atom. The lowest BCUT2D eigenvalue weighted by atomic mass is 9.82. The van der Waals surface area contributed by atoms with Crippen LogP contribution in [0.5, 0.6) is 0 Å². The zero-order chi connectivity index (χ0) is 90.2. The van der Waals surface area contributed by atoms with Gasteiger partial charge in [0.25, 0.3) is 0 Å². The van der Waals surface area contributed by atoms with Crippen molar-refractivity contribution in [1.82, 2.24) is 43.6 Å². The van der Waals surface area contributed by atoms with Crippen molar-refractivity contribution in [1.29, 1.82) is 0 Å². The molecule has 0 atom stereocenters. The second-order valence-electron chi connectivity index (χ2n) is 35.8. The second-order valence-corrected chi connectivity index (χ2v) is 36.9. The van der Waals surface area contributed by atoms with Crippen LogP contribution in [0.2, 0.25) is 0 Å². The van der Waals surface area contributed by atoms with E-state index in [0.29, 0.717) is 34.2 Å². The molecule has 0 fully saturated rings. The minimum Gasteiger partial charge on any atom is -0.456 e. The van der Waals surface area contributed by atoms with E-state index < -0.39 is 0 Å². The molecule has 14 heteroatoms. The van der Waals surface area contributed by atoms with Gasteiger partial charge in [-0.05, 0) is 168 Å². The highest BCUT2D eigenvalue weighted by Gasteiger charge is 2.37. The van der Waals surface area contributed by atoms with Crippen molar-refractivity contribution in [2.75, 3.05) is 0 Å². The molecule has 11 aromatic heterocycles. The second kappa shape index (κ2) is 30.5. The van der Waals surface area contributed by atoms with E-state index in [2.05, 4.69) is 325 Å². The van der Waals surface area contributed by atoms with E-state index in [1.807, 2.05) is 133 Å². The number of nitrogens with zero attached hydrogens (tertiary/aromatic N) is 9. The number of furan rings is 4. The van der Waals surface area contributed by atoms with E-state index >= 15 is 0 Å². The molecule has 0 unspecified atom stereocenters. The van der Waals surface area contributed by atoms with Gasteiger partial charge in [-0.15, -0.1) is 11.3 Å². The summed E-state index contributed by atoms with van der Waals surface area (Å²) in [5.74, 6) is 1.99. The van der Waals surface area contributed by atoms with Crippen LogP contribution in [0.15, 0.2) is 436 Å². The molecular weight excluding hydrogens is 1700 g/mol. The molecule has 1 aliphatic rings. The predicted octanol–water partition coefficient (Wildman–Crippen LogP) is 33.0. The van der Waals surface area contributed by atoms with Gasteiger partial charge in [-0.3, -0.25) is 0 Å². The topological polar surface area (TPSA) is 145 Å². The van der Waals surface area contributed by atoms with Crippen LogP contribution in [0.1, 0.15) is 25.0 Å². The van der Waals surface area contributed by atoms with E-state index in [9.17, 15) is 0 Å². The zero-order valence-electron chi connectivity index (χ0n) is 73.9. The van der Waals surface area contributed by atoms with Gasteiger partial charge >= 0.3 is 0 Å². The van der Waals surface area contributed by atoms with Crippen molar-refractivity contribution >= 4 is 185 Å². The van der Waals surface area contributed by atoms with E-state index in [1.54, 1.807) is 0 Å². The van der Waals surface area contributed by atoms with Crippen LogP contribution in [0.4, 0.5) is 0 Å². The fourth-order valence-electron chi connectivity index (χ4n) is 21.2.